The van der Waals surface area contributed by atoms with Crippen molar-refractivity contribution in [2.75, 3.05) is 0 Å². The molecule has 36 heavy (non-hydrogen) atoms. The summed E-state index contributed by atoms with van der Waals surface area (Å²) in [5, 5.41) is 35.5. The van der Waals surface area contributed by atoms with Gasteiger partial charge < -0.3 is 37.0 Å². The number of aliphatic hydroxyl groups excluding tert-OH is 1. The molecule has 12 nitrogen and oxygen atoms in total. The van der Waals surface area contributed by atoms with E-state index >= 15 is 0 Å². The first-order chi connectivity index (χ1) is 16.9. The van der Waals surface area contributed by atoms with Crippen LogP contribution in [0.25, 0.3) is 0 Å². The number of hydrogen-bond donors (Lipinski definition) is 7. The molecular formula is C24H36N4O8. The second kappa shape index (κ2) is 14.8. The summed E-state index contributed by atoms with van der Waals surface area (Å²) in [5.41, 5.74) is 6.31. The average Bonchev–Trinajstić information content (AvgIpc) is 2.83. The Morgan fingerprint density at radius 1 is 0.889 bits per heavy atom. The lowest BCUT2D eigenvalue weighted by Crippen LogP contribution is -2.59. The molecule has 6 unspecified atom stereocenters. The maximum absolute atomic E-state index is 13.1. The molecular weight excluding hydrogens is 472 g/mol. The molecule has 0 radical (unpaired) electrons. The van der Waals surface area contributed by atoms with Crippen LogP contribution in [0.4, 0.5) is 0 Å². The van der Waals surface area contributed by atoms with Gasteiger partial charge in [0.2, 0.25) is 17.7 Å². The zero-order valence-electron chi connectivity index (χ0n) is 20.6. The van der Waals surface area contributed by atoms with Gasteiger partial charge in [0, 0.05) is 12.8 Å². The molecule has 0 aliphatic heterocycles. The number of carboxylic acids is 2. The smallest absolute Gasteiger partial charge is 0.326 e. The monoisotopic (exact) mass is 508 g/mol. The van der Waals surface area contributed by atoms with E-state index in [9.17, 15) is 34.2 Å². The normalized spacial score (nSPS) is 15.9. The number of nitrogens with two attached hydrogens (primary N) is 1. The lowest BCUT2D eigenvalue weighted by Gasteiger charge is -2.28. The minimum Gasteiger partial charge on any atom is -0.481 e. The Morgan fingerprint density at radius 2 is 1.47 bits per heavy atom. The van der Waals surface area contributed by atoms with Crippen LogP contribution >= 0.6 is 0 Å². The van der Waals surface area contributed by atoms with Crippen LogP contribution in [0, 0.1) is 5.92 Å². The van der Waals surface area contributed by atoms with E-state index in [1.165, 1.54) is 6.92 Å². The minimum absolute atomic E-state index is 0.0235. The van der Waals surface area contributed by atoms with E-state index in [4.69, 9.17) is 10.8 Å². The molecule has 12 heteroatoms. The van der Waals surface area contributed by atoms with Gasteiger partial charge in [-0.25, -0.2) is 4.79 Å². The van der Waals surface area contributed by atoms with Crippen molar-refractivity contribution in [1.29, 1.82) is 0 Å². The van der Waals surface area contributed by atoms with Gasteiger partial charge in [0.05, 0.1) is 6.10 Å². The molecule has 8 N–H and O–H groups in total. The molecule has 0 fully saturated rings. The van der Waals surface area contributed by atoms with E-state index in [1.54, 1.807) is 44.2 Å². The van der Waals surface area contributed by atoms with E-state index in [2.05, 4.69) is 16.0 Å². The van der Waals surface area contributed by atoms with Gasteiger partial charge >= 0.3 is 11.9 Å². The van der Waals surface area contributed by atoms with E-state index in [0.29, 0.717) is 12.0 Å². The summed E-state index contributed by atoms with van der Waals surface area (Å²) < 4.78 is 0. The number of carboxylic acid groups (broad SMARTS) is 2. The Labute approximate surface area is 209 Å². The fourth-order valence-electron chi connectivity index (χ4n) is 3.29. The lowest BCUT2D eigenvalue weighted by atomic mass is 9.96. The van der Waals surface area contributed by atoms with Crippen LogP contribution in [0.1, 0.15) is 45.6 Å². The van der Waals surface area contributed by atoms with Gasteiger partial charge in [0.25, 0.3) is 0 Å². The molecule has 0 aliphatic carbocycles. The summed E-state index contributed by atoms with van der Waals surface area (Å²) in [6, 6.07) is 3.48. The third-order valence-corrected chi connectivity index (χ3v) is 5.79. The Hall–Kier alpha value is -3.51. The molecule has 6 atom stereocenters. The largest absolute Gasteiger partial charge is 0.481 e. The third kappa shape index (κ3) is 10.0. The van der Waals surface area contributed by atoms with Crippen molar-refractivity contribution in [3.05, 3.63) is 35.9 Å². The Bertz CT molecular complexity index is 909. The first kappa shape index (κ1) is 30.5. The van der Waals surface area contributed by atoms with Gasteiger partial charge in [0.15, 0.2) is 0 Å². The van der Waals surface area contributed by atoms with Crippen LogP contribution in [0.15, 0.2) is 30.3 Å². The molecule has 1 aromatic carbocycles. The standard InChI is InChI=1S/C24H36N4O8/c1-4-13(2)20(28-22(33)19(25)14(3)29)23(34)26-16(10-11-18(30)31)21(32)27-17(24(35)36)12-15-8-6-5-7-9-15/h5-9,13-14,16-17,19-20,29H,4,10-12,25H2,1-3H3,(H,26,34)(H,27,32)(H,28,33)(H,30,31)(H,35,36). The summed E-state index contributed by atoms with van der Waals surface area (Å²) in [5.74, 6) is -5.32. The number of aliphatic carboxylic acids is 2. The van der Waals surface area contributed by atoms with Crippen LogP contribution < -0.4 is 21.7 Å². The van der Waals surface area contributed by atoms with Crippen molar-refractivity contribution < 1.29 is 39.3 Å². The van der Waals surface area contributed by atoms with Crippen molar-refractivity contribution in [3.63, 3.8) is 0 Å². The van der Waals surface area contributed by atoms with Gasteiger partial charge in [-0.1, -0.05) is 50.6 Å². The summed E-state index contributed by atoms with van der Waals surface area (Å²) in [6.45, 7) is 4.79. The highest BCUT2D eigenvalue weighted by molar-refractivity contribution is 5.94. The maximum Gasteiger partial charge on any atom is 0.326 e. The number of aliphatic hydroxyl groups is 1. The number of rotatable bonds is 15. The van der Waals surface area contributed by atoms with Crippen molar-refractivity contribution in [2.24, 2.45) is 11.7 Å². The van der Waals surface area contributed by atoms with Gasteiger partial charge in [-0.2, -0.15) is 0 Å². The molecule has 0 bridgehead atoms. The second-order valence-corrected chi connectivity index (χ2v) is 8.72. The quantitative estimate of drug-likeness (QED) is 0.161. The fraction of sp³-hybridized carbons (Fsp3) is 0.542. The summed E-state index contributed by atoms with van der Waals surface area (Å²) in [6.07, 6.45) is -1.50. The average molecular weight is 509 g/mol. The number of hydrogen-bond acceptors (Lipinski definition) is 7. The predicted octanol–water partition coefficient (Wildman–Crippen LogP) is -0.613. The van der Waals surface area contributed by atoms with Gasteiger partial charge in [-0.05, 0) is 24.8 Å². The highest BCUT2D eigenvalue weighted by Gasteiger charge is 2.33. The highest BCUT2D eigenvalue weighted by Crippen LogP contribution is 2.11. The van der Waals surface area contributed by atoms with Crippen molar-refractivity contribution >= 4 is 29.7 Å². The highest BCUT2D eigenvalue weighted by atomic mass is 16.4. The van der Waals surface area contributed by atoms with E-state index < -0.39 is 72.3 Å². The number of carbonyl (C=O) groups excluding carboxylic acids is 3. The minimum atomic E-state index is -1.37. The number of amides is 3. The maximum atomic E-state index is 13.1. The number of benzene rings is 1. The molecule has 1 aromatic rings. The third-order valence-electron chi connectivity index (χ3n) is 5.79. The number of nitrogens with one attached hydrogen (secondary N) is 3. The van der Waals surface area contributed by atoms with Crippen LogP contribution in [0.5, 0.6) is 0 Å². The predicted molar refractivity (Wildman–Crippen MR) is 130 cm³/mol. The lowest BCUT2D eigenvalue weighted by molar-refractivity contribution is -0.143. The Balaban J connectivity index is 3.07. The van der Waals surface area contributed by atoms with Crippen LogP contribution in [-0.4, -0.2) is 75.3 Å². The van der Waals surface area contributed by atoms with Crippen LogP contribution in [0.2, 0.25) is 0 Å². The zero-order valence-corrected chi connectivity index (χ0v) is 20.6. The SMILES string of the molecule is CCC(C)C(NC(=O)C(N)C(C)O)C(=O)NC(CCC(=O)O)C(=O)NC(Cc1ccccc1)C(=O)O. The number of carbonyl (C=O) groups is 5. The Kier molecular flexibility index (Phi) is 12.5. The summed E-state index contributed by atoms with van der Waals surface area (Å²) in [7, 11) is 0. The molecule has 0 saturated carbocycles. The van der Waals surface area contributed by atoms with Crippen molar-refractivity contribution in [1.82, 2.24) is 16.0 Å². The molecule has 1 rings (SSSR count). The second-order valence-electron chi connectivity index (χ2n) is 8.72. The molecule has 0 heterocycles. The van der Waals surface area contributed by atoms with Crippen LogP contribution in [0.3, 0.4) is 0 Å². The molecule has 0 saturated heterocycles. The summed E-state index contributed by atoms with van der Waals surface area (Å²) in [4.78, 5) is 61.2. The van der Waals surface area contributed by atoms with E-state index in [1.807, 2.05) is 0 Å². The van der Waals surface area contributed by atoms with Crippen molar-refractivity contribution in [2.45, 2.75) is 76.7 Å². The van der Waals surface area contributed by atoms with Gasteiger partial charge in [0.1, 0.15) is 24.2 Å². The molecule has 200 valence electrons. The van der Waals surface area contributed by atoms with Crippen LogP contribution in [-0.2, 0) is 30.4 Å². The fourth-order valence-corrected chi connectivity index (χ4v) is 3.29. The first-order valence-electron chi connectivity index (χ1n) is 11.7. The Morgan fingerprint density at radius 3 is 1.97 bits per heavy atom. The topological polar surface area (TPSA) is 208 Å². The first-order valence-corrected chi connectivity index (χ1v) is 11.7. The van der Waals surface area contributed by atoms with Gasteiger partial charge in [-0.15, -0.1) is 0 Å². The van der Waals surface area contributed by atoms with Gasteiger partial charge in [-0.3, -0.25) is 19.2 Å². The molecule has 0 spiro atoms. The van der Waals surface area contributed by atoms with Crippen molar-refractivity contribution in [3.8, 4) is 0 Å². The molecule has 3 amide bonds. The molecule has 0 aromatic heterocycles. The summed E-state index contributed by atoms with van der Waals surface area (Å²) >= 11 is 0. The molecule has 0 aliphatic rings. The zero-order chi connectivity index (χ0) is 27.4. The van der Waals surface area contributed by atoms with E-state index in [-0.39, 0.29) is 12.8 Å². The van der Waals surface area contributed by atoms with E-state index in [0.717, 1.165) is 0 Å².